The van der Waals surface area contributed by atoms with Crippen LogP contribution in [-0.2, 0) is 9.59 Å². The number of hydrogen-bond acceptors (Lipinski definition) is 3. The summed E-state index contributed by atoms with van der Waals surface area (Å²) in [4.78, 5) is 22.7. The number of carboxylic acids is 1. The molecule has 2 atom stereocenters. The molecule has 0 radical (unpaired) electrons. The maximum absolute atomic E-state index is 11.9. The van der Waals surface area contributed by atoms with Crippen LogP contribution in [0.1, 0.15) is 33.1 Å². The third-order valence-electron chi connectivity index (χ3n) is 3.39. The van der Waals surface area contributed by atoms with Crippen LogP contribution < -0.4 is 5.32 Å². The van der Waals surface area contributed by atoms with E-state index in [1.54, 1.807) is 11.8 Å². The zero-order valence-corrected chi connectivity index (χ0v) is 11.5. The Labute approximate surface area is 107 Å². The van der Waals surface area contributed by atoms with E-state index in [4.69, 9.17) is 5.11 Å². The van der Waals surface area contributed by atoms with Crippen molar-refractivity contribution in [2.45, 2.75) is 37.9 Å². The molecule has 0 aliphatic heterocycles. The van der Waals surface area contributed by atoms with E-state index in [0.29, 0.717) is 25.8 Å². The minimum atomic E-state index is -0.773. The molecule has 1 saturated carbocycles. The van der Waals surface area contributed by atoms with Gasteiger partial charge in [0, 0.05) is 17.2 Å². The highest BCUT2D eigenvalue weighted by atomic mass is 32.2. The average molecular weight is 259 g/mol. The van der Waals surface area contributed by atoms with E-state index < -0.39 is 5.97 Å². The van der Waals surface area contributed by atoms with Crippen LogP contribution in [0, 0.1) is 11.8 Å². The summed E-state index contributed by atoms with van der Waals surface area (Å²) < 4.78 is 0.0282. The molecule has 0 unspecified atom stereocenters. The molecule has 1 rings (SSSR count). The molecule has 98 valence electrons. The molecule has 0 aromatic carbocycles. The Bertz CT molecular complexity index is 304. The lowest BCUT2D eigenvalue weighted by Gasteiger charge is -2.23. The van der Waals surface area contributed by atoms with Gasteiger partial charge in [0.2, 0.25) is 5.91 Å². The van der Waals surface area contributed by atoms with Crippen molar-refractivity contribution in [3.05, 3.63) is 0 Å². The fourth-order valence-corrected chi connectivity index (χ4v) is 2.18. The Morgan fingerprint density at radius 1 is 1.35 bits per heavy atom. The minimum Gasteiger partial charge on any atom is -0.481 e. The molecule has 17 heavy (non-hydrogen) atoms. The molecular weight excluding hydrogens is 238 g/mol. The van der Waals surface area contributed by atoms with Crippen LogP contribution in [0.15, 0.2) is 0 Å². The zero-order chi connectivity index (χ0) is 13.1. The summed E-state index contributed by atoms with van der Waals surface area (Å²) in [6, 6.07) is 0. The van der Waals surface area contributed by atoms with Crippen LogP contribution in [0.25, 0.3) is 0 Å². The van der Waals surface area contributed by atoms with Gasteiger partial charge in [-0.3, -0.25) is 9.59 Å². The second-order valence-corrected chi connectivity index (χ2v) is 6.74. The van der Waals surface area contributed by atoms with E-state index in [9.17, 15) is 9.59 Å². The van der Waals surface area contributed by atoms with Crippen LogP contribution in [-0.4, -0.2) is 34.5 Å². The first kappa shape index (κ1) is 14.4. The SMILES string of the molecule is CSC(C)(C)CNC(=O)[C@@H]1CC[C@H](C(=O)O)C1. The summed E-state index contributed by atoms with van der Waals surface area (Å²) in [5.41, 5.74) is 0. The number of carbonyl (C=O) groups excluding carboxylic acids is 1. The summed E-state index contributed by atoms with van der Waals surface area (Å²) in [6.45, 7) is 4.78. The van der Waals surface area contributed by atoms with Gasteiger partial charge >= 0.3 is 5.97 Å². The molecule has 1 aliphatic carbocycles. The van der Waals surface area contributed by atoms with E-state index in [1.165, 1.54) is 0 Å². The summed E-state index contributed by atoms with van der Waals surface area (Å²) in [7, 11) is 0. The predicted molar refractivity (Wildman–Crippen MR) is 69.1 cm³/mol. The van der Waals surface area contributed by atoms with Crippen molar-refractivity contribution in [2.75, 3.05) is 12.8 Å². The van der Waals surface area contributed by atoms with Gasteiger partial charge in [0.1, 0.15) is 0 Å². The molecule has 1 amide bonds. The van der Waals surface area contributed by atoms with E-state index in [-0.39, 0.29) is 22.5 Å². The van der Waals surface area contributed by atoms with E-state index in [2.05, 4.69) is 19.2 Å². The lowest BCUT2D eigenvalue weighted by atomic mass is 10.0. The molecule has 5 heteroatoms. The summed E-state index contributed by atoms with van der Waals surface area (Å²) in [6.07, 6.45) is 3.82. The predicted octanol–water partition coefficient (Wildman–Crippen LogP) is 1.75. The van der Waals surface area contributed by atoms with E-state index in [1.807, 2.05) is 6.26 Å². The van der Waals surface area contributed by atoms with Crippen LogP contribution in [0.5, 0.6) is 0 Å². The molecule has 1 fully saturated rings. The number of aliphatic carboxylic acids is 1. The van der Waals surface area contributed by atoms with Crippen molar-refractivity contribution < 1.29 is 14.7 Å². The average Bonchev–Trinajstić information content (AvgIpc) is 2.75. The van der Waals surface area contributed by atoms with Crippen LogP contribution in [0.3, 0.4) is 0 Å². The Morgan fingerprint density at radius 3 is 2.41 bits per heavy atom. The highest BCUT2D eigenvalue weighted by molar-refractivity contribution is 7.99. The van der Waals surface area contributed by atoms with Gasteiger partial charge in [0.25, 0.3) is 0 Å². The van der Waals surface area contributed by atoms with Gasteiger partial charge in [-0.15, -0.1) is 0 Å². The van der Waals surface area contributed by atoms with Crippen molar-refractivity contribution in [1.82, 2.24) is 5.32 Å². The minimum absolute atomic E-state index is 0.0101. The molecule has 1 aliphatic rings. The monoisotopic (exact) mass is 259 g/mol. The fourth-order valence-electron chi connectivity index (χ4n) is 1.96. The number of hydrogen-bond donors (Lipinski definition) is 2. The van der Waals surface area contributed by atoms with Gasteiger partial charge in [0.15, 0.2) is 0 Å². The number of thioether (sulfide) groups is 1. The van der Waals surface area contributed by atoms with Crippen LogP contribution >= 0.6 is 11.8 Å². The second kappa shape index (κ2) is 5.76. The van der Waals surface area contributed by atoms with Crippen molar-refractivity contribution in [3.8, 4) is 0 Å². The highest BCUT2D eigenvalue weighted by Gasteiger charge is 2.34. The van der Waals surface area contributed by atoms with Gasteiger partial charge in [0.05, 0.1) is 5.92 Å². The van der Waals surface area contributed by atoms with Crippen molar-refractivity contribution in [1.29, 1.82) is 0 Å². The Hall–Kier alpha value is -0.710. The number of carbonyl (C=O) groups is 2. The van der Waals surface area contributed by atoms with Crippen molar-refractivity contribution in [2.24, 2.45) is 11.8 Å². The van der Waals surface area contributed by atoms with Crippen LogP contribution in [0.2, 0.25) is 0 Å². The van der Waals surface area contributed by atoms with Crippen molar-refractivity contribution in [3.63, 3.8) is 0 Å². The molecule has 0 spiro atoms. The molecular formula is C12H21NO3S. The Morgan fingerprint density at radius 2 is 1.94 bits per heavy atom. The third-order valence-corrected chi connectivity index (χ3v) is 4.64. The number of nitrogens with one attached hydrogen (secondary N) is 1. The van der Waals surface area contributed by atoms with Gasteiger partial charge < -0.3 is 10.4 Å². The summed E-state index contributed by atoms with van der Waals surface area (Å²) in [5, 5.41) is 11.8. The normalized spacial score (nSPS) is 24.6. The van der Waals surface area contributed by atoms with Gasteiger partial charge in [-0.1, -0.05) is 0 Å². The first-order valence-corrected chi connectivity index (χ1v) is 7.14. The lowest BCUT2D eigenvalue weighted by Crippen LogP contribution is -2.38. The molecule has 4 nitrogen and oxygen atoms in total. The number of carboxylic acid groups (broad SMARTS) is 1. The van der Waals surface area contributed by atoms with Gasteiger partial charge in [-0.2, -0.15) is 11.8 Å². The second-order valence-electron chi connectivity index (χ2n) is 5.23. The fraction of sp³-hybridized carbons (Fsp3) is 0.833. The topological polar surface area (TPSA) is 66.4 Å². The quantitative estimate of drug-likeness (QED) is 0.789. The number of rotatable bonds is 5. The van der Waals surface area contributed by atoms with E-state index in [0.717, 1.165) is 0 Å². The lowest BCUT2D eigenvalue weighted by molar-refractivity contribution is -0.141. The Balaban J connectivity index is 2.37. The van der Waals surface area contributed by atoms with E-state index >= 15 is 0 Å². The molecule has 0 aromatic rings. The maximum atomic E-state index is 11.9. The summed E-state index contributed by atoms with van der Waals surface area (Å²) in [5.74, 6) is -1.21. The third kappa shape index (κ3) is 4.22. The molecule has 0 aromatic heterocycles. The maximum Gasteiger partial charge on any atom is 0.306 e. The standard InChI is InChI=1S/C12H21NO3S/c1-12(2,17-3)7-13-10(14)8-4-5-9(6-8)11(15)16/h8-9H,4-7H2,1-3H3,(H,13,14)(H,15,16)/t8-,9+/m1/s1. The number of amides is 1. The first-order valence-electron chi connectivity index (χ1n) is 5.91. The molecule has 0 saturated heterocycles. The zero-order valence-electron chi connectivity index (χ0n) is 10.7. The molecule has 2 N–H and O–H groups in total. The summed E-state index contributed by atoms with van der Waals surface area (Å²) >= 11 is 1.71. The largest absolute Gasteiger partial charge is 0.481 e. The molecule has 0 heterocycles. The first-order chi connectivity index (χ1) is 7.85. The highest BCUT2D eigenvalue weighted by Crippen LogP contribution is 2.31. The van der Waals surface area contributed by atoms with Crippen molar-refractivity contribution >= 4 is 23.6 Å². The Kier molecular flexibility index (Phi) is 4.86. The smallest absolute Gasteiger partial charge is 0.306 e. The van der Waals surface area contributed by atoms with Gasteiger partial charge in [-0.05, 0) is 39.4 Å². The van der Waals surface area contributed by atoms with Gasteiger partial charge in [-0.25, -0.2) is 0 Å². The van der Waals surface area contributed by atoms with Crippen LogP contribution in [0.4, 0.5) is 0 Å². The molecule has 0 bridgehead atoms.